The molecule has 2 rings (SSSR count). The molecule has 1 saturated carbocycles. The summed E-state index contributed by atoms with van der Waals surface area (Å²) in [5.41, 5.74) is 7.57. The largest absolute Gasteiger partial charge is 0.330 e. The van der Waals surface area contributed by atoms with Gasteiger partial charge in [0.25, 0.3) is 5.69 Å². The molecular weight excluding hydrogens is 270 g/mol. The van der Waals surface area contributed by atoms with E-state index in [1.165, 1.54) is 6.07 Å². The quantitative estimate of drug-likeness (QED) is 0.643. The number of anilines is 1. The first-order valence-electron chi connectivity index (χ1n) is 7.12. The second-order valence-corrected chi connectivity index (χ2v) is 5.99. The van der Waals surface area contributed by atoms with Gasteiger partial charge in [-0.25, -0.2) is 0 Å². The maximum atomic E-state index is 12.2. The van der Waals surface area contributed by atoms with Gasteiger partial charge in [-0.05, 0) is 55.8 Å². The van der Waals surface area contributed by atoms with Gasteiger partial charge in [0, 0.05) is 12.5 Å². The first kappa shape index (κ1) is 15.4. The van der Waals surface area contributed by atoms with Crippen molar-refractivity contribution < 1.29 is 9.72 Å². The van der Waals surface area contributed by atoms with E-state index in [0.29, 0.717) is 13.0 Å². The smallest absolute Gasteiger partial charge is 0.293 e. The number of carbonyl (C=O) groups excluding carboxylic acids is 1. The van der Waals surface area contributed by atoms with Crippen molar-refractivity contribution in [1.82, 2.24) is 0 Å². The molecule has 0 saturated heterocycles. The summed E-state index contributed by atoms with van der Waals surface area (Å²) in [4.78, 5) is 22.8. The summed E-state index contributed by atoms with van der Waals surface area (Å²) < 4.78 is 0. The van der Waals surface area contributed by atoms with Crippen molar-refractivity contribution in [1.29, 1.82) is 0 Å². The Hall–Kier alpha value is -1.95. The Morgan fingerprint density at radius 3 is 2.48 bits per heavy atom. The van der Waals surface area contributed by atoms with Crippen LogP contribution < -0.4 is 11.1 Å². The molecule has 1 aromatic carbocycles. The number of rotatable bonds is 5. The van der Waals surface area contributed by atoms with E-state index in [2.05, 4.69) is 5.32 Å². The predicted molar refractivity (Wildman–Crippen MR) is 81.2 cm³/mol. The topological polar surface area (TPSA) is 98.3 Å². The van der Waals surface area contributed by atoms with Crippen LogP contribution in [0.5, 0.6) is 0 Å². The highest BCUT2D eigenvalue weighted by Crippen LogP contribution is 2.43. The number of nitrogens with one attached hydrogen (secondary N) is 1. The van der Waals surface area contributed by atoms with Gasteiger partial charge >= 0.3 is 0 Å². The lowest BCUT2D eigenvalue weighted by molar-refractivity contribution is -0.384. The molecule has 114 valence electrons. The van der Waals surface area contributed by atoms with Crippen LogP contribution >= 0.6 is 0 Å². The van der Waals surface area contributed by atoms with E-state index >= 15 is 0 Å². The van der Waals surface area contributed by atoms with Crippen molar-refractivity contribution >= 4 is 17.3 Å². The van der Waals surface area contributed by atoms with Gasteiger partial charge in [-0.1, -0.05) is 6.42 Å². The Kier molecular flexibility index (Phi) is 4.27. The third-order valence-electron chi connectivity index (χ3n) is 4.47. The first-order valence-corrected chi connectivity index (χ1v) is 7.12. The molecule has 1 fully saturated rings. The van der Waals surface area contributed by atoms with Gasteiger partial charge in [-0.2, -0.15) is 0 Å². The van der Waals surface area contributed by atoms with E-state index in [1.807, 2.05) is 13.8 Å². The number of aryl methyl sites for hydroxylation is 2. The van der Waals surface area contributed by atoms with Crippen LogP contribution in [0.1, 0.15) is 36.8 Å². The van der Waals surface area contributed by atoms with Crippen LogP contribution in [-0.4, -0.2) is 17.4 Å². The van der Waals surface area contributed by atoms with Crippen molar-refractivity contribution in [3.63, 3.8) is 0 Å². The molecule has 3 N–H and O–H groups in total. The second kappa shape index (κ2) is 5.81. The number of hydrogen-bond donors (Lipinski definition) is 2. The van der Waals surface area contributed by atoms with Crippen LogP contribution in [-0.2, 0) is 4.79 Å². The first-order chi connectivity index (χ1) is 9.87. The normalized spacial score (nSPS) is 16.1. The molecule has 21 heavy (non-hydrogen) atoms. The van der Waals surface area contributed by atoms with Gasteiger partial charge in [0.05, 0.1) is 4.92 Å². The van der Waals surface area contributed by atoms with Crippen LogP contribution in [0.3, 0.4) is 0 Å². The number of nitro benzene ring substituents is 1. The van der Waals surface area contributed by atoms with Crippen LogP contribution in [0.4, 0.5) is 11.4 Å². The van der Waals surface area contributed by atoms with E-state index in [4.69, 9.17) is 5.73 Å². The number of amides is 1. The van der Waals surface area contributed by atoms with Crippen molar-refractivity contribution in [3.8, 4) is 0 Å². The number of nitro groups is 1. The summed E-state index contributed by atoms with van der Waals surface area (Å²) in [6, 6.07) is 3.15. The maximum Gasteiger partial charge on any atom is 0.293 e. The molecule has 0 atom stereocenters. The van der Waals surface area contributed by atoms with Gasteiger partial charge in [-0.15, -0.1) is 0 Å². The molecule has 1 aliphatic carbocycles. The Balaban J connectivity index is 2.17. The zero-order valence-electron chi connectivity index (χ0n) is 12.4. The molecule has 6 heteroatoms. The minimum Gasteiger partial charge on any atom is -0.330 e. The lowest BCUT2D eigenvalue weighted by Gasteiger charge is -2.40. The molecule has 1 aliphatic rings. The van der Waals surface area contributed by atoms with E-state index in [0.717, 1.165) is 30.4 Å². The molecule has 0 radical (unpaired) electrons. The highest BCUT2D eigenvalue weighted by Gasteiger charge is 2.37. The summed E-state index contributed by atoms with van der Waals surface area (Å²) in [6.07, 6.45) is 3.32. The minimum absolute atomic E-state index is 0.0677. The lowest BCUT2D eigenvalue weighted by Crippen LogP contribution is -2.40. The van der Waals surface area contributed by atoms with Crippen molar-refractivity contribution in [2.24, 2.45) is 11.1 Å². The molecule has 0 heterocycles. The SMILES string of the molecule is Cc1cc(NC(=O)CC2(CN)CCC2)c([N+](=O)[O-])cc1C. The van der Waals surface area contributed by atoms with Crippen LogP contribution in [0.25, 0.3) is 0 Å². The average Bonchev–Trinajstić information content (AvgIpc) is 2.37. The maximum absolute atomic E-state index is 12.2. The summed E-state index contributed by atoms with van der Waals surface area (Å²) in [6.45, 7) is 4.16. The molecule has 1 aromatic rings. The molecule has 6 nitrogen and oxygen atoms in total. The number of nitrogens with zero attached hydrogens (tertiary/aromatic N) is 1. The van der Waals surface area contributed by atoms with E-state index < -0.39 is 4.92 Å². The average molecular weight is 291 g/mol. The Bertz CT molecular complexity index is 574. The molecule has 1 amide bonds. The van der Waals surface area contributed by atoms with E-state index in [1.54, 1.807) is 6.07 Å². The summed E-state index contributed by atoms with van der Waals surface area (Å²) in [7, 11) is 0. The van der Waals surface area contributed by atoms with Crippen LogP contribution in [0.2, 0.25) is 0 Å². The van der Waals surface area contributed by atoms with Crippen molar-refractivity contribution in [2.45, 2.75) is 39.5 Å². The summed E-state index contributed by atoms with van der Waals surface area (Å²) in [5.74, 6) is -0.202. The summed E-state index contributed by atoms with van der Waals surface area (Å²) >= 11 is 0. The Morgan fingerprint density at radius 2 is 2.00 bits per heavy atom. The fraction of sp³-hybridized carbons (Fsp3) is 0.533. The minimum atomic E-state index is -0.468. The van der Waals surface area contributed by atoms with E-state index in [-0.39, 0.29) is 22.7 Å². The molecule has 0 spiro atoms. The fourth-order valence-corrected chi connectivity index (χ4v) is 2.72. The van der Waals surface area contributed by atoms with Crippen molar-refractivity contribution in [2.75, 3.05) is 11.9 Å². The van der Waals surface area contributed by atoms with E-state index in [9.17, 15) is 14.9 Å². The highest BCUT2D eigenvalue weighted by molar-refractivity contribution is 5.93. The molecular formula is C15H21N3O3. The monoisotopic (exact) mass is 291 g/mol. The third kappa shape index (κ3) is 3.21. The van der Waals surface area contributed by atoms with Crippen molar-refractivity contribution in [3.05, 3.63) is 33.4 Å². The molecule has 0 bridgehead atoms. The second-order valence-electron chi connectivity index (χ2n) is 5.99. The zero-order chi connectivity index (χ0) is 15.6. The fourth-order valence-electron chi connectivity index (χ4n) is 2.72. The molecule has 0 unspecified atom stereocenters. The number of hydrogen-bond acceptors (Lipinski definition) is 4. The summed E-state index contributed by atoms with van der Waals surface area (Å²) in [5, 5.41) is 13.8. The van der Waals surface area contributed by atoms with Gasteiger partial charge in [0.1, 0.15) is 5.69 Å². The number of nitrogens with two attached hydrogens (primary N) is 1. The number of benzene rings is 1. The molecule has 0 aliphatic heterocycles. The Morgan fingerprint density at radius 1 is 1.38 bits per heavy atom. The Labute approximate surface area is 123 Å². The molecule has 0 aromatic heterocycles. The van der Waals surface area contributed by atoms with Gasteiger partial charge in [0.15, 0.2) is 0 Å². The van der Waals surface area contributed by atoms with Gasteiger partial charge in [0.2, 0.25) is 5.91 Å². The van der Waals surface area contributed by atoms with Gasteiger partial charge in [-0.3, -0.25) is 14.9 Å². The van der Waals surface area contributed by atoms with Crippen LogP contribution in [0.15, 0.2) is 12.1 Å². The van der Waals surface area contributed by atoms with Crippen LogP contribution in [0, 0.1) is 29.4 Å². The predicted octanol–water partition coefficient (Wildman–Crippen LogP) is 2.67. The zero-order valence-corrected chi connectivity index (χ0v) is 12.4. The number of carbonyl (C=O) groups is 1. The van der Waals surface area contributed by atoms with Gasteiger partial charge < -0.3 is 11.1 Å². The standard InChI is InChI=1S/C15H21N3O3/c1-10-6-12(13(18(20)21)7-11(10)2)17-14(19)8-15(9-16)4-3-5-15/h6-7H,3-5,8-9,16H2,1-2H3,(H,17,19). The third-order valence-corrected chi connectivity index (χ3v) is 4.47. The highest BCUT2D eigenvalue weighted by atomic mass is 16.6. The lowest BCUT2D eigenvalue weighted by atomic mass is 9.66.